The van der Waals surface area contributed by atoms with Crippen molar-refractivity contribution in [3.63, 3.8) is 0 Å². The smallest absolute Gasteiger partial charge is 0.407 e. The van der Waals surface area contributed by atoms with Crippen LogP contribution in [0, 0.1) is 0 Å². The topological polar surface area (TPSA) is 231 Å². The van der Waals surface area contributed by atoms with Crippen LogP contribution in [0.25, 0.3) is 10.8 Å². The maximum atomic E-state index is 14.8. The van der Waals surface area contributed by atoms with E-state index in [1.165, 1.54) is 15.8 Å². The van der Waals surface area contributed by atoms with E-state index in [9.17, 15) is 34.2 Å². The summed E-state index contributed by atoms with van der Waals surface area (Å²) >= 11 is 0. The molecule has 6 rings (SSSR count). The molecule has 0 radical (unpaired) electrons. The lowest BCUT2D eigenvalue weighted by molar-refractivity contribution is -0.143. The summed E-state index contributed by atoms with van der Waals surface area (Å²) in [5.74, 6) is -2.94. The number of hydrogen-bond acceptors (Lipinski definition) is 10. The number of ether oxygens (including phenoxy) is 1. The second-order valence-corrected chi connectivity index (χ2v) is 15.1. The molecular formula is C40H48N8O8. The summed E-state index contributed by atoms with van der Waals surface area (Å²) in [6.45, 7) is 2.58. The van der Waals surface area contributed by atoms with Gasteiger partial charge >= 0.3 is 6.09 Å². The molecule has 2 fully saturated rings. The lowest BCUT2D eigenvalue weighted by atomic mass is 9.77. The number of hydrogen-bond donors (Lipinski definition) is 6. The first-order chi connectivity index (χ1) is 26.8. The number of primary amides is 1. The fourth-order valence-electron chi connectivity index (χ4n) is 7.62. The zero-order chi connectivity index (χ0) is 40.0. The van der Waals surface area contributed by atoms with Crippen molar-refractivity contribution in [1.82, 2.24) is 35.8 Å². The molecule has 2 heterocycles. The van der Waals surface area contributed by atoms with E-state index in [-0.39, 0.29) is 25.1 Å². The Labute approximate surface area is 323 Å². The van der Waals surface area contributed by atoms with Gasteiger partial charge in [-0.1, -0.05) is 85.1 Å². The Balaban J connectivity index is 1.30. The third kappa shape index (κ3) is 8.98. The second-order valence-electron chi connectivity index (χ2n) is 15.1. The average Bonchev–Trinajstić information content (AvgIpc) is 3.87. The Morgan fingerprint density at radius 1 is 0.982 bits per heavy atom. The number of alkyl carbamates (subject to hydrolysis) is 1. The number of carbonyl (C=O) groups is 5. The molecule has 1 saturated carbocycles. The Kier molecular flexibility index (Phi) is 12.0. The van der Waals surface area contributed by atoms with Crippen LogP contribution in [0.4, 0.5) is 4.79 Å². The number of aromatic nitrogens is 3. The van der Waals surface area contributed by atoms with Gasteiger partial charge in [0.2, 0.25) is 17.7 Å². The summed E-state index contributed by atoms with van der Waals surface area (Å²) in [6, 6.07) is 18.3. The molecule has 1 saturated heterocycles. The van der Waals surface area contributed by atoms with E-state index >= 15 is 0 Å². The van der Waals surface area contributed by atoms with E-state index in [1.807, 2.05) is 30.3 Å². The summed E-state index contributed by atoms with van der Waals surface area (Å²) < 4.78 is 6.84. The number of carbonyl (C=O) groups excluding carboxylic acids is 5. The van der Waals surface area contributed by atoms with Gasteiger partial charge in [-0.2, -0.15) is 0 Å². The van der Waals surface area contributed by atoms with Gasteiger partial charge in [0.05, 0.1) is 30.0 Å². The minimum Gasteiger partial charge on any atom is -0.445 e. The number of likely N-dealkylation sites (tertiary alicyclic amines) is 1. The molecule has 56 heavy (non-hydrogen) atoms. The molecule has 2 aliphatic rings. The summed E-state index contributed by atoms with van der Waals surface area (Å²) in [6.07, 6.45) is 1.57. The van der Waals surface area contributed by atoms with Gasteiger partial charge in [-0.3, -0.25) is 19.2 Å². The van der Waals surface area contributed by atoms with Crippen LogP contribution in [0.5, 0.6) is 0 Å². The van der Waals surface area contributed by atoms with Crippen LogP contribution in [-0.4, -0.2) is 96.6 Å². The number of aliphatic hydroxyl groups excluding tert-OH is 1. The standard InChI is InChI=1S/C40H48N8O8/c1-39(2,55)32-22-43-46-48(32)29-20-31(36(52)45-40(33(49)34(41)50)17-9-4-10-18-40)47(23-29)37(53)30(21-42-38(54)56-24-25-11-5-3-6-12-25)44-35(51)28-16-15-26-13-7-8-14-27(26)19-28/h3,5-8,11-16,19,22,29-31,33,49,55H,4,9-10,17-18,20-21,23-24H2,1-2H3,(H2,41,50)(H,42,54)(H,44,51)(H,45,52)/t29-,30+,31-,33?/m0/s1. The van der Waals surface area contributed by atoms with E-state index < -0.39 is 71.6 Å². The molecule has 7 N–H and O–H groups in total. The number of nitrogens with zero attached hydrogens (tertiary/aromatic N) is 4. The van der Waals surface area contributed by atoms with Crippen LogP contribution in [0.3, 0.4) is 0 Å². The van der Waals surface area contributed by atoms with Gasteiger partial charge in [0.25, 0.3) is 5.91 Å². The van der Waals surface area contributed by atoms with E-state index in [1.54, 1.807) is 56.3 Å². The van der Waals surface area contributed by atoms with Gasteiger partial charge in [0, 0.05) is 18.5 Å². The SMILES string of the molecule is CC(C)(O)c1cnnn1[C@H]1C[C@@H](C(=O)NC2(C(O)C(N)=O)CCCCC2)N(C(=O)[C@@H](CNC(=O)OCc2ccccc2)NC(=O)c2ccc3ccccc3c2)C1. The van der Waals surface area contributed by atoms with Crippen molar-refractivity contribution in [1.29, 1.82) is 0 Å². The molecule has 0 spiro atoms. The molecule has 1 aromatic heterocycles. The third-order valence-electron chi connectivity index (χ3n) is 10.6. The van der Waals surface area contributed by atoms with Gasteiger partial charge in [-0.25, -0.2) is 9.48 Å². The summed E-state index contributed by atoms with van der Waals surface area (Å²) in [7, 11) is 0. The van der Waals surface area contributed by atoms with Crippen LogP contribution in [0.2, 0.25) is 0 Å². The first-order valence-electron chi connectivity index (χ1n) is 18.7. The predicted molar refractivity (Wildman–Crippen MR) is 203 cm³/mol. The quantitative estimate of drug-likeness (QED) is 0.116. The number of amides is 5. The minimum absolute atomic E-state index is 0.00461. The molecule has 0 bridgehead atoms. The van der Waals surface area contributed by atoms with Crippen LogP contribution in [0.15, 0.2) is 79.0 Å². The molecule has 4 atom stereocenters. The third-order valence-corrected chi connectivity index (χ3v) is 10.6. The molecule has 5 amide bonds. The van der Waals surface area contributed by atoms with Gasteiger partial charge in [0.1, 0.15) is 24.3 Å². The number of aliphatic hydroxyl groups is 2. The Bertz CT molecular complexity index is 2060. The molecule has 3 aromatic carbocycles. The molecule has 16 nitrogen and oxygen atoms in total. The zero-order valence-corrected chi connectivity index (χ0v) is 31.4. The molecule has 1 aliphatic heterocycles. The second kappa shape index (κ2) is 16.9. The highest BCUT2D eigenvalue weighted by Crippen LogP contribution is 2.35. The van der Waals surface area contributed by atoms with Crippen molar-refractivity contribution in [3.8, 4) is 0 Å². The van der Waals surface area contributed by atoms with Gasteiger partial charge in [0.15, 0.2) is 6.10 Å². The normalized spacial score (nSPS) is 19.1. The van der Waals surface area contributed by atoms with Gasteiger partial charge in [-0.05, 0) is 55.2 Å². The Morgan fingerprint density at radius 3 is 2.38 bits per heavy atom. The summed E-state index contributed by atoms with van der Waals surface area (Å²) in [4.78, 5) is 69.5. The Hall–Kier alpha value is -5.87. The minimum atomic E-state index is -1.68. The lowest BCUT2D eigenvalue weighted by Gasteiger charge is -2.41. The van der Waals surface area contributed by atoms with Crippen molar-refractivity contribution in [2.45, 2.75) is 94.3 Å². The molecule has 296 valence electrons. The van der Waals surface area contributed by atoms with Crippen molar-refractivity contribution >= 4 is 40.5 Å². The van der Waals surface area contributed by atoms with Gasteiger partial charge in [-0.15, -0.1) is 5.10 Å². The van der Waals surface area contributed by atoms with Crippen LogP contribution >= 0.6 is 0 Å². The lowest BCUT2D eigenvalue weighted by Crippen LogP contribution is -2.64. The van der Waals surface area contributed by atoms with Crippen LogP contribution in [0.1, 0.15) is 80.0 Å². The number of fused-ring (bicyclic) bond motifs is 1. The van der Waals surface area contributed by atoms with Crippen LogP contribution in [-0.2, 0) is 31.3 Å². The average molecular weight is 769 g/mol. The maximum absolute atomic E-state index is 14.8. The summed E-state index contributed by atoms with van der Waals surface area (Å²) in [5.41, 5.74) is 4.16. The predicted octanol–water partition coefficient (Wildman–Crippen LogP) is 2.19. The van der Waals surface area contributed by atoms with Crippen molar-refractivity contribution in [2.24, 2.45) is 5.73 Å². The number of benzene rings is 3. The Morgan fingerprint density at radius 2 is 1.68 bits per heavy atom. The van der Waals surface area contributed by atoms with Crippen molar-refractivity contribution in [3.05, 3.63) is 95.8 Å². The fraction of sp³-hybridized carbons (Fsp3) is 0.425. The number of rotatable bonds is 13. The van der Waals surface area contributed by atoms with Crippen molar-refractivity contribution < 1.29 is 38.9 Å². The molecule has 16 heteroatoms. The largest absolute Gasteiger partial charge is 0.445 e. The first-order valence-corrected chi connectivity index (χ1v) is 18.7. The van der Waals surface area contributed by atoms with Crippen molar-refractivity contribution in [2.75, 3.05) is 13.1 Å². The highest BCUT2D eigenvalue weighted by molar-refractivity contribution is 6.01. The van der Waals surface area contributed by atoms with E-state index in [2.05, 4.69) is 26.3 Å². The number of nitrogens with one attached hydrogen (secondary N) is 3. The van der Waals surface area contributed by atoms with E-state index in [4.69, 9.17) is 10.5 Å². The zero-order valence-electron chi connectivity index (χ0n) is 31.4. The highest BCUT2D eigenvalue weighted by atomic mass is 16.5. The van der Waals surface area contributed by atoms with Gasteiger partial charge < -0.3 is 41.5 Å². The number of nitrogens with two attached hydrogens (primary N) is 1. The monoisotopic (exact) mass is 768 g/mol. The maximum Gasteiger partial charge on any atom is 0.407 e. The van der Waals surface area contributed by atoms with E-state index in [0.29, 0.717) is 31.4 Å². The molecular weight excluding hydrogens is 720 g/mol. The molecule has 1 unspecified atom stereocenters. The van der Waals surface area contributed by atoms with Crippen LogP contribution < -0.4 is 21.7 Å². The molecule has 4 aromatic rings. The van der Waals surface area contributed by atoms with E-state index in [0.717, 1.165) is 22.8 Å². The molecule has 1 aliphatic carbocycles. The first kappa shape index (κ1) is 39.8. The highest BCUT2D eigenvalue weighted by Gasteiger charge is 2.49. The summed E-state index contributed by atoms with van der Waals surface area (Å²) in [5, 5.41) is 40.0. The fourth-order valence-corrected chi connectivity index (χ4v) is 7.62.